The summed E-state index contributed by atoms with van der Waals surface area (Å²) in [6.07, 6.45) is 3.77. The van der Waals surface area contributed by atoms with Gasteiger partial charge in [0.15, 0.2) is 5.96 Å². The Hall–Kier alpha value is -1.39. The summed E-state index contributed by atoms with van der Waals surface area (Å²) in [5.41, 5.74) is 1.82. The first-order chi connectivity index (χ1) is 14.5. The number of guanidine groups is 1. The maximum atomic E-state index is 12.8. The molecular formula is C23H37IN4O3. The van der Waals surface area contributed by atoms with Crippen LogP contribution >= 0.6 is 24.0 Å². The van der Waals surface area contributed by atoms with Gasteiger partial charge in [-0.05, 0) is 56.7 Å². The topological polar surface area (TPSA) is 75.2 Å². The number of halogens is 1. The van der Waals surface area contributed by atoms with E-state index < -0.39 is 0 Å². The molecule has 1 aliphatic heterocycles. The van der Waals surface area contributed by atoms with Crippen molar-refractivity contribution in [3.63, 3.8) is 0 Å². The molecule has 0 aromatic heterocycles. The number of amides is 1. The van der Waals surface area contributed by atoms with Crippen LogP contribution < -0.4 is 10.6 Å². The molecule has 8 heteroatoms. The summed E-state index contributed by atoms with van der Waals surface area (Å²) >= 11 is 0. The van der Waals surface area contributed by atoms with Crippen LogP contribution in [0.4, 0.5) is 0 Å². The Bertz CT molecular complexity index is 699. The molecule has 0 bridgehead atoms. The molecule has 1 saturated heterocycles. The molecule has 0 spiro atoms. The van der Waals surface area contributed by atoms with E-state index in [0.717, 1.165) is 43.6 Å². The van der Waals surface area contributed by atoms with Crippen molar-refractivity contribution in [2.75, 3.05) is 39.9 Å². The summed E-state index contributed by atoms with van der Waals surface area (Å²) in [4.78, 5) is 18.9. The number of nitrogens with zero attached hydrogens (tertiary/aromatic N) is 2. The van der Waals surface area contributed by atoms with Gasteiger partial charge < -0.3 is 25.0 Å². The molecule has 7 nitrogen and oxygen atoms in total. The second-order valence-corrected chi connectivity index (χ2v) is 8.39. The molecule has 1 aromatic carbocycles. The molecule has 3 rings (SSSR count). The van der Waals surface area contributed by atoms with Crippen LogP contribution in [0.25, 0.3) is 0 Å². The molecule has 2 atom stereocenters. The molecule has 1 saturated carbocycles. The number of carbonyl (C=O) groups is 1. The fraction of sp³-hybridized carbons (Fsp3) is 0.652. The lowest BCUT2D eigenvalue weighted by atomic mass is 10.1. The quantitative estimate of drug-likeness (QED) is 0.217. The van der Waals surface area contributed by atoms with E-state index in [4.69, 9.17) is 9.47 Å². The molecule has 31 heavy (non-hydrogen) atoms. The van der Waals surface area contributed by atoms with Crippen molar-refractivity contribution in [2.45, 2.75) is 51.9 Å². The summed E-state index contributed by atoms with van der Waals surface area (Å²) in [7, 11) is 1.77. The van der Waals surface area contributed by atoms with E-state index in [-0.39, 0.29) is 42.1 Å². The van der Waals surface area contributed by atoms with Gasteiger partial charge in [-0.25, -0.2) is 0 Å². The van der Waals surface area contributed by atoms with Gasteiger partial charge in [0.1, 0.15) is 0 Å². The van der Waals surface area contributed by atoms with Gasteiger partial charge in [-0.15, -0.1) is 24.0 Å². The number of hydrogen-bond acceptors (Lipinski definition) is 4. The molecule has 0 radical (unpaired) electrons. The first-order valence-corrected chi connectivity index (χ1v) is 11.1. The van der Waals surface area contributed by atoms with Gasteiger partial charge in [0.05, 0.1) is 12.2 Å². The van der Waals surface area contributed by atoms with Gasteiger partial charge in [0.2, 0.25) is 0 Å². The molecule has 2 fully saturated rings. The number of carbonyl (C=O) groups excluding carboxylic acids is 1. The van der Waals surface area contributed by atoms with Crippen LogP contribution in [-0.4, -0.2) is 68.9 Å². The minimum absolute atomic E-state index is 0. The van der Waals surface area contributed by atoms with E-state index in [1.807, 2.05) is 43.0 Å². The van der Waals surface area contributed by atoms with Crippen molar-refractivity contribution >= 4 is 35.8 Å². The van der Waals surface area contributed by atoms with E-state index in [0.29, 0.717) is 25.2 Å². The Morgan fingerprint density at radius 2 is 1.84 bits per heavy atom. The first kappa shape index (κ1) is 25.9. The summed E-state index contributed by atoms with van der Waals surface area (Å²) in [6, 6.07) is 7.79. The lowest BCUT2D eigenvalue weighted by Gasteiger charge is -2.35. The Kier molecular flexibility index (Phi) is 11.0. The van der Waals surface area contributed by atoms with Gasteiger partial charge in [0, 0.05) is 52.0 Å². The summed E-state index contributed by atoms with van der Waals surface area (Å²) < 4.78 is 11.4. The highest BCUT2D eigenvalue weighted by molar-refractivity contribution is 14.0. The maximum absolute atomic E-state index is 12.8. The van der Waals surface area contributed by atoms with Crippen molar-refractivity contribution in [1.82, 2.24) is 15.5 Å². The fourth-order valence-corrected chi connectivity index (χ4v) is 3.61. The summed E-state index contributed by atoms with van der Waals surface area (Å²) in [5, 5.41) is 6.63. The highest BCUT2D eigenvalue weighted by Crippen LogP contribution is 2.28. The molecule has 2 unspecified atom stereocenters. The highest BCUT2D eigenvalue weighted by atomic mass is 127. The minimum Gasteiger partial charge on any atom is -0.381 e. The third-order valence-corrected chi connectivity index (χ3v) is 5.40. The molecule has 1 aromatic rings. The Labute approximate surface area is 203 Å². The van der Waals surface area contributed by atoms with Crippen LogP contribution in [0.3, 0.4) is 0 Å². The summed E-state index contributed by atoms with van der Waals surface area (Å²) in [6.45, 7) is 8.47. The minimum atomic E-state index is 0. The number of rotatable bonds is 9. The monoisotopic (exact) mass is 544 g/mol. The average Bonchev–Trinajstić information content (AvgIpc) is 3.56. The molecule has 2 N–H and O–H groups in total. The number of aliphatic imine (C=N–C) groups is 1. The number of nitrogens with one attached hydrogen (secondary N) is 2. The van der Waals surface area contributed by atoms with Gasteiger partial charge in [-0.1, -0.05) is 12.1 Å². The van der Waals surface area contributed by atoms with E-state index in [1.165, 1.54) is 12.8 Å². The Balaban J connectivity index is 0.00000341. The standard InChI is InChI=1S/C23H36N4O3.HI/c1-17-14-27(15-18(2)30-17)22(28)21-9-7-19(8-10-21)13-26-23(24-3)25-11-4-12-29-16-20-5-6-20;/h7-10,17-18,20H,4-6,11-16H2,1-3H3,(H2,24,25,26);1H. The predicted molar refractivity (Wildman–Crippen MR) is 134 cm³/mol. The third kappa shape index (κ3) is 8.94. The normalized spacial score (nSPS) is 21.4. The SMILES string of the molecule is CN=C(NCCCOCC1CC1)NCc1ccc(C(=O)N2CC(C)OC(C)C2)cc1.I. The smallest absolute Gasteiger partial charge is 0.254 e. The molecule has 2 aliphatic rings. The van der Waals surface area contributed by atoms with Crippen molar-refractivity contribution in [3.8, 4) is 0 Å². The second-order valence-electron chi connectivity index (χ2n) is 8.39. The van der Waals surface area contributed by atoms with Crippen molar-refractivity contribution in [3.05, 3.63) is 35.4 Å². The van der Waals surface area contributed by atoms with Crippen LogP contribution in [-0.2, 0) is 16.0 Å². The van der Waals surface area contributed by atoms with Gasteiger partial charge in [-0.3, -0.25) is 9.79 Å². The van der Waals surface area contributed by atoms with Gasteiger partial charge >= 0.3 is 0 Å². The predicted octanol–water partition coefficient (Wildman–Crippen LogP) is 3.04. The lowest BCUT2D eigenvalue weighted by Crippen LogP contribution is -2.48. The van der Waals surface area contributed by atoms with Gasteiger partial charge in [0.25, 0.3) is 5.91 Å². The lowest BCUT2D eigenvalue weighted by molar-refractivity contribution is -0.0586. The van der Waals surface area contributed by atoms with Crippen LogP contribution in [0.1, 0.15) is 49.0 Å². The average molecular weight is 544 g/mol. The van der Waals surface area contributed by atoms with Crippen molar-refractivity contribution in [2.24, 2.45) is 10.9 Å². The van der Waals surface area contributed by atoms with E-state index in [2.05, 4.69) is 15.6 Å². The van der Waals surface area contributed by atoms with E-state index in [9.17, 15) is 4.79 Å². The third-order valence-electron chi connectivity index (χ3n) is 5.40. The van der Waals surface area contributed by atoms with Crippen LogP contribution in [0, 0.1) is 5.92 Å². The van der Waals surface area contributed by atoms with Crippen LogP contribution in [0.2, 0.25) is 0 Å². The zero-order valence-corrected chi connectivity index (χ0v) is 21.3. The number of hydrogen-bond donors (Lipinski definition) is 2. The van der Waals surface area contributed by atoms with Crippen molar-refractivity contribution in [1.29, 1.82) is 0 Å². The van der Waals surface area contributed by atoms with E-state index >= 15 is 0 Å². The number of ether oxygens (including phenoxy) is 2. The zero-order valence-electron chi connectivity index (χ0n) is 18.9. The van der Waals surface area contributed by atoms with Crippen LogP contribution in [0.15, 0.2) is 29.3 Å². The maximum Gasteiger partial charge on any atom is 0.254 e. The number of benzene rings is 1. The Morgan fingerprint density at radius 1 is 1.16 bits per heavy atom. The molecule has 1 amide bonds. The van der Waals surface area contributed by atoms with E-state index in [1.54, 1.807) is 7.05 Å². The molecule has 174 valence electrons. The second kappa shape index (κ2) is 13.2. The first-order valence-electron chi connectivity index (χ1n) is 11.1. The summed E-state index contributed by atoms with van der Waals surface area (Å²) in [5.74, 6) is 1.65. The molecular weight excluding hydrogens is 507 g/mol. The fourth-order valence-electron chi connectivity index (χ4n) is 3.61. The van der Waals surface area contributed by atoms with Gasteiger partial charge in [-0.2, -0.15) is 0 Å². The molecule has 1 heterocycles. The van der Waals surface area contributed by atoms with Crippen LogP contribution in [0.5, 0.6) is 0 Å². The number of morpholine rings is 1. The largest absolute Gasteiger partial charge is 0.381 e. The van der Waals surface area contributed by atoms with Crippen molar-refractivity contribution < 1.29 is 14.3 Å². The molecule has 1 aliphatic carbocycles. The highest BCUT2D eigenvalue weighted by Gasteiger charge is 2.26. The Morgan fingerprint density at radius 3 is 2.45 bits per heavy atom. The zero-order chi connectivity index (χ0) is 21.3.